The molecule has 164 valence electrons. The van der Waals surface area contributed by atoms with E-state index in [2.05, 4.69) is 15.7 Å². The van der Waals surface area contributed by atoms with Gasteiger partial charge in [-0.2, -0.15) is 5.10 Å². The van der Waals surface area contributed by atoms with Crippen LogP contribution >= 0.6 is 0 Å². The molecule has 0 aliphatic carbocycles. The fourth-order valence-electron chi connectivity index (χ4n) is 3.20. The molecule has 4 aromatic rings. The minimum Gasteiger partial charge on any atom is -0.335 e. The minimum atomic E-state index is -0.941. The van der Waals surface area contributed by atoms with Crippen LogP contribution in [0.4, 0.5) is 11.4 Å². The van der Waals surface area contributed by atoms with Gasteiger partial charge in [-0.05, 0) is 35.9 Å². The molecule has 0 spiro atoms. The van der Waals surface area contributed by atoms with Crippen LogP contribution in [-0.2, 0) is 4.79 Å². The van der Waals surface area contributed by atoms with Crippen molar-refractivity contribution < 1.29 is 14.5 Å². The number of amides is 2. The first-order valence-corrected chi connectivity index (χ1v) is 10.0. The van der Waals surface area contributed by atoms with Gasteiger partial charge < -0.3 is 10.6 Å². The molecule has 2 amide bonds. The average Bonchev–Trinajstić information content (AvgIpc) is 3.34. The van der Waals surface area contributed by atoms with Crippen molar-refractivity contribution in [1.82, 2.24) is 15.1 Å². The van der Waals surface area contributed by atoms with Gasteiger partial charge in [0.1, 0.15) is 6.04 Å². The molecular weight excluding hydrogens is 422 g/mol. The Morgan fingerprint density at radius 3 is 2.15 bits per heavy atom. The van der Waals surface area contributed by atoms with Crippen LogP contribution in [0.2, 0.25) is 0 Å². The molecule has 1 atom stereocenters. The van der Waals surface area contributed by atoms with Gasteiger partial charge >= 0.3 is 0 Å². The van der Waals surface area contributed by atoms with Crippen molar-refractivity contribution in [2.45, 2.75) is 6.04 Å². The molecule has 9 nitrogen and oxygen atoms in total. The zero-order valence-electron chi connectivity index (χ0n) is 17.3. The van der Waals surface area contributed by atoms with Gasteiger partial charge in [-0.15, -0.1) is 0 Å². The zero-order valence-corrected chi connectivity index (χ0v) is 17.3. The van der Waals surface area contributed by atoms with E-state index < -0.39 is 22.8 Å². The van der Waals surface area contributed by atoms with Gasteiger partial charge in [0.25, 0.3) is 17.5 Å². The fraction of sp³-hybridized carbons (Fsp3) is 0.0417. The number of nitro benzene ring substituents is 1. The third kappa shape index (κ3) is 5.10. The van der Waals surface area contributed by atoms with Crippen LogP contribution in [0.25, 0.3) is 5.69 Å². The first-order chi connectivity index (χ1) is 16.0. The van der Waals surface area contributed by atoms with E-state index in [4.69, 9.17) is 0 Å². The van der Waals surface area contributed by atoms with Crippen LogP contribution in [0.3, 0.4) is 0 Å². The number of non-ortho nitro benzene ring substituents is 1. The maximum Gasteiger partial charge on any atom is 0.272 e. The van der Waals surface area contributed by atoms with E-state index in [0.717, 1.165) is 0 Å². The van der Waals surface area contributed by atoms with Crippen LogP contribution in [-0.4, -0.2) is 26.5 Å². The molecule has 0 fully saturated rings. The molecular formula is C24H19N5O4. The highest BCUT2D eigenvalue weighted by molar-refractivity contribution is 6.00. The first-order valence-electron chi connectivity index (χ1n) is 10.0. The molecule has 2 N–H and O–H groups in total. The highest BCUT2D eigenvalue weighted by Gasteiger charge is 2.24. The van der Waals surface area contributed by atoms with Crippen LogP contribution < -0.4 is 10.6 Å². The lowest BCUT2D eigenvalue weighted by molar-refractivity contribution is -0.384. The normalized spacial score (nSPS) is 11.4. The smallest absolute Gasteiger partial charge is 0.272 e. The van der Waals surface area contributed by atoms with Crippen molar-refractivity contribution in [3.05, 3.63) is 119 Å². The number of carbonyl (C=O) groups excluding carboxylic acids is 2. The number of carbonyl (C=O) groups is 2. The van der Waals surface area contributed by atoms with Gasteiger partial charge in [0.05, 0.1) is 10.6 Å². The summed E-state index contributed by atoms with van der Waals surface area (Å²) in [4.78, 5) is 36.2. The Morgan fingerprint density at radius 1 is 0.879 bits per heavy atom. The van der Waals surface area contributed by atoms with Crippen LogP contribution in [0, 0.1) is 10.1 Å². The van der Waals surface area contributed by atoms with Crippen molar-refractivity contribution in [3.8, 4) is 5.69 Å². The Bertz CT molecular complexity index is 1270. The van der Waals surface area contributed by atoms with E-state index in [1.165, 1.54) is 35.0 Å². The average molecular weight is 441 g/mol. The van der Waals surface area contributed by atoms with Gasteiger partial charge in [-0.3, -0.25) is 19.7 Å². The number of hydrogen-bond acceptors (Lipinski definition) is 5. The molecule has 4 rings (SSSR count). The van der Waals surface area contributed by atoms with E-state index in [-0.39, 0.29) is 11.4 Å². The molecule has 1 unspecified atom stereocenters. The second-order valence-corrected chi connectivity index (χ2v) is 7.09. The summed E-state index contributed by atoms with van der Waals surface area (Å²) in [6.07, 6.45) is 1.57. The molecule has 1 aromatic heterocycles. The Kier molecular flexibility index (Phi) is 6.21. The maximum absolute atomic E-state index is 13.0. The number of nitrogens with one attached hydrogen (secondary N) is 2. The maximum atomic E-state index is 13.0. The summed E-state index contributed by atoms with van der Waals surface area (Å²) in [5.41, 5.74) is 1.84. The molecule has 0 aliphatic rings. The van der Waals surface area contributed by atoms with Crippen LogP contribution in [0.5, 0.6) is 0 Å². The fourth-order valence-corrected chi connectivity index (χ4v) is 3.20. The predicted octanol–water partition coefficient (Wildman–Crippen LogP) is 3.89. The summed E-state index contributed by atoms with van der Waals surface area (Å²) in [6, 6.07) is 24.2. The second-order valence-electron chi connectivity index (χ2n) is 7.09. The molecule has 0 saturated heterocycles. The third-order valence-electron chi connectivity index (χ3n) is 4.86. The van der Waals surface area contributed by atoms with Crippen LogP contribution in [0.1, 0.15) is 22.1 Å². The predicted molar refractivity (Wildman–Crippen MR) is 122 cm³/mol. The largest absolute Gasteiger partial charge is 0.335 e. The standard InChI is InChI=1S/C24H19N5O4/c30-23(21-15-16-28(27-21)19-11-13-20(14-12-19)29(32)33)26-22(17-7-3-1-4-8-17)24(31)25-18-9-5-2-6-10-18/h1-16,22H,(H,25,31)(H,26,30). The number of aromatic nitrogens is 2. The van der Waals surface area contributed by atoms with Gasteiger partial charge in [-0.1, -0.05) is 48.5 Å². The number of rotatable bonds is 7. The Hall–Kier alpha value is -4.79. The summed E-state index contributed by atoms with van der Waals surface area (Å²) in [6.45, 7) is 0. The first kappa shape index (κ1) is 21.4. The van der Waals surface area contributed by atoms with Crippen molar-refractivity contribution in [2.75, 3.05) is 5.32 Å². The van der Waals surface area contributed by atoms with Gasteiger partial charge in [-0.25, -0.2) is 4.68 Å². The van der Waals surface area contributed by atoms with E-state index in [0.29, 0.717) is 16.9 Å². The lowest BCUT2D eigenvalue weighted by Gasteiger charge is -2.18. The summed E-state index contributed by atoms with van der Waals surface area (Å²) in [5, 5.41) is 20.6. The third-order valence-corrected chi connectivity index (χ3v) is 4.86. The number of hydrogen-bond donors (Lipinski definition) is 2. The summed E-state index contributed by atoms with van der Waals surface area (Å²) in [5.74, 6) is -0.928. The van der Waals surface area contributed by atoms with Crippen molar-refractivity contribution in [2.24, 2.45) is 0 Å². The number of nitro groups is 1. The quantitative estimate of drug-likeness (QED) is 0.333. The van der Waals surface area contributed by atoms with Gasteiger partial charge in [0, 0.05) is 24.0 Å². The number of para-hydroxylation sites is 1. The van der Waals surface area contributed by atoms with E-state index in [1.54, 1.807) is 54.7 Å². The molecule has 33 heavy (non-hydrogen) atoms. The zero-order chi connectivity index (χ0) is 23.2. The molecule has 9 heteroatoms. The molecule has 0 aliphatic heterocycles. The lowest BCUT2D eigenvalue weighted by atomic mass is 10.1. The number of anilines is 1. The Balaban J connectivity index is 1.53. The number of nitrogens with zero attached hydrogens (tertiary/aromatic N) is 3. The topological polar surface area (TPSA) is 119 Å². The van der Waals surface area contributed by atoms with Crippen molar-refractivity contribution in [3.63, 3.8) is 0 Å². The summed E-state index contributed by atoms with van der Waals surface area (Å²) in [7, 11) is 0. The van der Waals surface area contributed by atoms with E-state index >= 15 is 0 Å². The highest BCUT2D eigenvalue weighted by atomic mass is 16.6. The Labute approximate surface area is 188 Å². The molecule has 0 saturated carbocycles. The van der Waals surface area contributed by atoms with Gasteiger partial charge in [0.15, 0.2) is 5.69 Å². The highest BCUT2D eigenvalue weighted by Crippen LogP contribution is 2.18. The Morgan fingerprint density at radius 2 is 1.52 bits per heavy atom. The number of benzene rings is 3. The summed E-state index contributed by atoms with van der Waals surface area (Å²) >= 11 is 0. The van der Waals surface area contributed by atoms with E-state index in [9.17, 15) is 19.7 Å². The second kappa shape index (κ2) is 9.56. The molecule has 1 heterocycles. The monoisotopic (exact) mass is 441 g/mol. The van der Waals surface area contributed by atoms with Crippen LogP contribution in [0.15, 0.2) is 97.2 Å². The minimum absolute atomic E-state index is 0.0426. The van der Waals surface area contributed by atoms with E-state index in [1.807, 2.05) is 12.1 Å². The van der Waals surface area contributed by atoms with Crippen molar-refractivity contribution in [1.29, 1.82) is 0 Å². The molecule has 0 bridgehead atoms. The molecule has 3 aromatic carbocycles. The van der Waals surface area contributed by atoms with Gasteiger partial charge in [0.2, 0.25) is 0 Å². The summed E-state index contributed by atoms with van der Waals surface area (Å²) < 4.78 is 1.43. The van der Waals surface area contributed by atoms with Crippen molar-refractivity contribution >= 4 is 23.2 Å². The molecule has 0 radical (unpaired) electrons. The SMILES string of the molecule is O=C(NC(C(=O)Nc1ccccc1)c1ccccc1)c1ccn(-c2ccc([N+](=O)[O-])cc2)n1. The lowest BCUT2D eigenvalue weighted by Crippen LogP contribution is -2.37.